The number of hydrogen-bond acceptors (Lipinski definition) is 3. The standard InChI is InChI=1S/C15H17BrN2OS/c1-2-7-17-13-5-3-11(4-6-13)15(19)18-9-14-8-12(16)10-20-14/h3-6,8,10,17H,2,7,9H2,1H3,(H,18,19). The molecule has 2 aromatic rings. The Morgan fingerprint density at radius 2 is 2.05 bits per heavy atom. The van der Waals surface area contributed by atoms with Crippen LogP contribution in [0.4, 0.5) is 5.69 Å². The van der Waals surface area contributed by atoms with Crippen molar-refractivity contribution < 1.29 is 4.79 Å². The van der Waals surface area contributed by atoms with Gasteiger partial charge in [-0.15, -0.1) is 11.3 Å². The van der Waals surface area contributed by atoms with Crippen LogP contribution in [-0.2, 0) is 6.54 Å². The number of benzene rings is 1. The molecule has 5 heteroatoms. The summed E-state index contributed by atoms with van der Waals surface area (Å²) >= 11 is 5.03. The molecule has 0 aliphatic rings. The molecule has 0 aliphatic heterocycles. The molecule has 0 aliphatic carbocycles. The fraction of sp³-hybridized carbons (Fsp3) is 0.267. The topological polar surface area (TPSA) is 41.1 Å². The van der Waals surface area contributed by atoms with Crippen LogP contribution in [-0.4, -0.2) is 12.5 Å². The Morgan fingerprint density at radius 3 is 2.65 bits per heavy atom. The van der Waals surface area contributed by atoms with Crippen LogP contribution in [0.2, 0.25) is 0 Å². The number of carbonyl (C=O) groups is 1. The summed E-state index contributed by atoms with van der Waals surface area (Å²) in [7, 11) is 0. The molecule has 1 amide bonds. The van der Waals surface area contributed by atoms with Crippen molar-refractivity contribution in [1.29, 1.82) is 0 Å². The zero-order valence-corrected chi connectivity index (χ0v) is 13.7. The van der Waals surface area contributed by atoms with Gasteiger partial charge in [-0.1, -0.05) is 6.92 Å². The van der Waals surface area contributed by atoms with Gasteiger partial charge in [0.25, 0.3) is 5.91 Å². The Bertz CT molecular complexity index is 566. The van der Waals surface area contributed by atoms with Crippen LogP contribution in [0.3, 0.4) is 0 Å². The van der Waals surface area contributed by atoms with Crippen molar-refractivity contribution in [2.24, 2.45) is 0 Å². The van der Waals surface area contributed by atoms with E-state index in [0.717, 1.165) is 28.0 Å². The number of carbonyl (C=O) groups excluding carboxylic acids is 1. The second kappa shape index (κ2) is 7.45. The van der Waals surface area contributed by atoms with Gasteiger partial charge in [0, 0.05) is 32.5 Å². The molecule has 2 N–H and O–H groups in total. The molecule has 0 radical (unpaired) electrons. The van der Waals surface area contributed by atoms with E-state index in [9.17, 15) is 4.79 Å². The van der Waals surface area contributed by atoms with Gasteiger partial charge in [-0.25, -0.2) is 0 Å². The molecule has 0 spiro atoms. The number of halogens is 1. The Labute approximate surface area is 131 Å². The van der Waals surface area contributed by atoms with Gasteiger partial charge in [0.2, 0.25) is 0 Å². The largest absolute Gasteiger partial charge is 0.385 e. The summed E-state index contributed by atoms with van der Waals surface area (Å²) < 4.78 is 1.05. The summed E-state index contributed by atoms with van der Waals surface area (Å²) in [6.07, 6.45) is 1.08. The molecule has 106 valence electrons. The van der Waals surface area contributed by atoms with Gasteiger partial charge in [0.1, 0.15) is 0 Å². The van der Waals surface area contributed by atoms with Crippen LogP contribution in [0.5, 0.6) is 0 Å². The molecule has 0 unspecified atom stereocenters. The predicted molar refractivity (Wildman–Crippen MR) is 88.4 cm³/mol. The summed E-state index contributed by atoms with van der Waals surface area (Å²) in [5, 5.41) is 8.22. The maximum absolute atomic E-state index is 12.0. The lowest BCUT2D eigenvalue weighted by Crippen LogP contribution is -2.22. The molecule has 0 atom stereocenters. The van der Waals surface area contributed by atoms with E-state index in [0.29, 0.717) is 12.1 Å². The van der Waals surface area contributed by atoms with E-state index in [2.05, 4.69) is 33.5 Å². The first-order valence-electron chi connectivity index (χ1n) is 6.54. The van der Waals surface area contributed by atoms with Crippen molar-refractivity contribution in [3.8, 4) is 0 Å². The molecule has 0 saturated heterocycles. The van der Waals surface area contributed by atoms with Crippen LogP contribution in [0.15, 0.2) is 40.2 Å². The van der Waals surface area contributed by atoms with Crippen LogP contribution < -0.4 is 10.6 Å². The molecular formula is C15H17BrN2OS. The third-order valence-electron chi connectivity index (χ3n) is 2.77. The van der Waals surface area contributed by atoms with Crippen molar-refractivity contribution in [2.75, 3.05) is 11.9 Å². The zero-order valence-electron chi connectivity index (χ0n) is 11.3. The molecule has 1 aromatic carbocycles. The minimum atomic E-state index is -0.0448. The third kappa shape index (κ3) is 4.35. The average molecular weight is 353 g/mol. The smallest absolute Gasteiger partial charge is 0.251 e. The summed E-state index contributed by atoms with van der Waals surface area (Å²) in [6.45, 7) is 3.63. The Balaban J connectivity index is 1.88. The predicted octanol–water partition coefficient (Wildman–Crippen LogP) is 4.26. The highest BCUT2D eigenvalue weighted by Gasteiger charge is 2.06. The first-order valence-corrected chi connectivity index (χ1v) is 8.21. The van der Waals surface area contributed by atoms with Crippen molar-refractivity contribution >= 4 is 38.9 Å². The highest BCUT2D eigenvalue weighted by molar-refractivity contribution is 9.10. The van der Waals surface area contributed by atoms with Gasteiger partial charge in [-0.05, 0) is 52.7 Å². The van der Waals surface area contributed by atoms with Gasteiger partial charge < -0.3 is 10.6 Å². The second-order valence-corrected chi connectivity index (χ2v) is 6.33. The lowest BCUT2D eigenvalue weighted by Gasteiger charge is -2.07. The van der Waals surface area contributed by atoms with Crippen LogP contribution in [0.25, 0.3) is 0 Å². The maximum atomic E-state index is 12.0. The SMILES string of the molecule is CCCNc1ccc(C(=O)NCc2cc(Br)cs2)cc1. The normalized spacial score (nSPS) is 10.3. The number of amides is 1. The van der Waals surface area contributed by atoms with E-state index >= 15 is 0 Å². The fourth-order valence-corrected chi connectivity index (χ4v) is 3.12. The highest BCUT2D eigenvalue weighted by atomic mass is 79.9. The van der Waals surface area contributed by atoms with E-state index in [4.69, 9.17) is 0 Å². The average Bonchev–Trinajstić information content (AvgIpc) is 2.89. The van der Waals surface area contributed by atoms with E-state index in [1.54, 1.807) is 11.3 Å². The Morgan fingerprint density at radius 1 is 1.30 bits per heavy atom. The summed E-state index contributed by atoms with van der Waals surface area (Å²) in [6, 6.07) is 9.58. The molecule has 1 aromatic heterocycles. The van der Waals surface area contributed by atoms with E-state index < -0.39 is 0 Å². The van der Waals surface area contributed by atoms with Gasteiger partial charge in [-0.2, -0.15) is 0 Å². The fourth-order valence-electron chi connectivity index (χ4n) is 1.72. The summed E-state index contributed by atoms with van der Waals surface area (Å²) in [5.74, 6) is -0.0448. The first kappa shape index (κ1) is 15.1. The number of hydrogen-bond donors (Lipinski definition) is 2. The molecular weight excluding hydrogens is 336 g/mol. The van der Waals surface area contributed by atoms with Gasteiger partial charge in [0.05, 0.1) is 6.54 Å². The van der Waals surface area contributed by atoms with E-state index in [1.807, 2.05) is 35.7 Å². The number of rotatable bonds is 6. The number of nitrogens with one attached hydrogen (secondary N) is 2. The molecule has 0 fully saturated rings. The number of anilines is 1. The molecule has 3 nitrogen and oxygen atoms in total. The molecule has 2 rings (SSSR count). The monoisotopic (exact) mass is 352 g/mol. The quantitative estimate of drug-likeness (QED) is 0.815. The van der Waals surface area contributed by atoms with Gasteiger partial charge >= 0.3 is 0 Å². The Kier molecular flexibility index (Phi) is 5.61. The van der Waals surface area contributed by atoms with Crippen molar-refractivity contribution in [2.45, 2.75) is 19.9 Å². The molecule has 20 heavy (non-hydrogen) atoms. The van der Waals surface area contributed by atoms with Crippen LogP contribution in [0.1, 0.15) is 28.6 Å². The van der Waals surface area contributed by atoms with E-state index in [-0.39, 0.29) is 5.91 Å². The number of thiophene rings is 1. The maximum Gasteiger partial charge on any atom is 0.251 e. The first-order chi connectivity index (χ1) is 9.69. The van der Waals surface area contributed by atoms with Gasteiger partial charge in [-0.3, -0.25) is 4.79 Å². The second-order valence-electron chi connectivity index (χ2n) is 4.42. The summed E-state index contributed by atoms with van der Waals surface area (Å²) in [5.41, 5.74) is 1.73. The van der Waals surface area contributed by atoms with Crippen molar-refractivity contribution in [1.82, 2.24) is 5.32 Å². The Hall–Kier alpha value is -1.33. The van der Waals surface area contributed by atoms with E-state index in [1.165, 1.54) is 0 Å². The molecule has 1 heterocycles. The van der Waals surface area contributed by atoms with Crippen LogP contribution in [0, 0.1) is 0 Å². The highest BCUT2D eigenvalue weighted by Crippen LogP contribution is 2.19. The zero-order chi connectivity index (χ0) is 14.4. The lowest BCUT2D eigenvalue weighted by atomic mass is 10.2. The lowest BCUT2D eigenvalue weighted by molar-refractivity contribution is 0.0951. The van der Waals surface area contributed by atoms with Crippen LogP contribution >= 0.6 is 27.3 Å². The third-order valence-corrected chi connectivity index (χ3v) is 4.47. The van der Waals surface area contributed by atoms with Crippen molar-refractivity contribution in [3.05, 3.63) is 50.6 Å². The van der Waals surface area contributed by atoms with Gasteiger partial charge in [0.15, 0.2) is 0 Å². The molecule has 0 bridgehead atoms. The van der Waals surface area contributed by atoms with Crippen molar-refractivity contribution in [3.63, 3.8) is 0 Å². The summed E-state index contributed by atoms with van der Waals surface area (Å²) in [4.78, 5) is 13.1. The molecule has 0 saturated carbocycles. The minimum absolute atomic E-state index is 0.0448. The minimum Gasteiger partial charge on any atom is -0.385 e.